The van der Waals surface area contributed by atoms with E-state index in [-0.39, 0.29) is 0 Å². The highest BCUT2D eigenvalue weighted by Crippen LogP contribution is 2.16. The molecule has 71 valence electrons. The number of carbonyl (C=O) groups excluding carboxylic acids is 1. The van der Waals surface area contributed by atoms with Gasteiger partial charge in [0.25, 0.3) is 0 Å². The maximum atomic E-state index is 10.6. The van der Waals surface area contributed by atoms with E-state index in [1.165, 1.54) is 0 Å². The first-order chi connectivity index (χ1) is 7.31. The summed E-state index contributed by atoms with van der Waals surface area (Å²) in [5.41, 5.74) is 2.91. The van der Waals surface area contributed by atoms with E-state index in [0.717, 1.165) is 22.6 Å². The molecule has 0 heterocycles. The lowest BCUT2D eigenvalue weighted by atomic mass is 10.0. The standard InChI is InChI=1S/C13H9OSi/c14-9-10-6-7-12(13(15)8-10)11-4-2-1-3-5-11/h1-9H. The molecular formula is C13H9OSi. The Hall–Kier alpha value is -1.67. The van der Waals surface area contributed by atoms with E-state index in [4.69, 9.17) is 0 Å². The minimum Gasteiger partial charge on any atom is -0.298 e. The molecule has 0 fully saturated rings. The van der Waals surface area contributed by atoms with E-state index in [0.29, 0.717) is 5.56 Å². The maximum Gasteiger partial charge on any atom is 0.150 e. The van der Waals surface area contributed by atoms with E-state index < -0.39 is 0 Å². The lowest BCUT2D eigenvalue weighted by Gasteiger charge is -2.06. The molecular weight excluding hydrogens is 200 g/mol. The second-order valence-electron chi connectivity index (χ2n) is 3.29. The minimum absolute atomic E-state index is 0.680. The van der Waals surface area contributed by atoms with Crippen LogP contribution in [-0.4, -0.2) is 16.5 Å². The molecule has 0 aliphatic carbocycles. The molecule has 2 rings (SSSR count). The van der Waals surface area contributed by atoms with Gasteiger partial charge in [0.2, 0.25) is 0 Å². The highest BCUT2D eigenvalue weighted by atomic mass is 28.1. The fourth-order valence-electron chi connectivity index (χ4n) is 1.50. The van der Waals surface area contributed by atoms with Gasteiger partial charge in [0.05, 0.1) is 10.2 Å². The zero-order chi connectivity index (χ0) is 10.7. The molecule has 3 radical (unpaired) electrons. The van der Waals surface area contributed by atoms with Crippen molar-refractivity contribution in [3.63, 3.8) is 0 Å². The summed E-state index contributed by atoms with van der Waals surface area (Å²) in [4.78, 5) is 10.6. The van der Waals surface area contributed by atoms with Crippen molar-refractivity contribution in [2.45, 2.75) is 0 Å². The van der Waals surface area contributed by atoms with Gasteiger partial charge >= 0.3 is 0 Å². The summed E-state index contributed by atoms with van der Waals surface area (Å²) in [7, 11) is 3.52. The van der Waals surface area contributed by atoms with Gasteiger partial charge in [-0.15, -0.1) is 0 Å². The van der Waals surface area contributed by atoms with Crippen LogP contribution >= 0.6 is 0 Å². The normalized spacial score (nSPS) is 9.93. The lowest BCUT2D eigenvalue weighted by Crippen LogP contribution is -2.07. The molecule has 0 saturated carbocycles. The third-order valence-electron chi connectivity index (χ3n) is 2.26. The van der Waals surface area contributed by atoms with Crippen molar-refractivity contribution in [1.82, 2.24) is 0 Å². The second kappa shape index (κ2) is 4.23. The number of aldehydes is 1. The van der Waals surface area contributed by atoms with Crippen molar-refractivity contribution in [1.29, 1.82) is 0 Å². The van der Waals surface area contributed by atoms with E-state index in [1.807, 2.05) is 48.5 Å². The minimum atomic E-state index is 0.680. The molecule has 2 aromatic rings. The Kier molecular flexibility index (Phi) is 2.78. The molecule has 0 spiro atoms. The monoisotopic (exact) mass is 209 g/mol. The summed E-state index contributed by atoms with van der Waals surface area (Å²) in [5.74, 6) is 0. The number of hydrogen-bond donors (Lipinski definition) is 0. The van der Waals surface area contributed by atoms with Gasteiger partial charge in [0.15, 0.2) is 0 Å². The van der Waals surface area contributed by atoms with Crippen LogP contribution in [-0.2, 0) is 0 Å². The van der Waals surface area contributed by atoms with Crippen molar-refractivity contribution in [2.24, 2.45) is 0 Å². The predicted molar refractivity (Wildman–Crippen MR) is 62.7 cm³/mol. The van der Waals surface area contributed by atoms with Crippen LogP contribution in [0.4, 0.5) is 0 Å². The Morgan fingerprint density at radius 3 is 2.33 bits per heavy atom. The van der Waals surface area contributed by atoms with Gasteiger partial charge in [-0.1, -0.05) is 53.7 Å². The highest BCUT2D eigenvalue weighted by molar-refractivity contribution is 6.36. The van der Waals surface area contributed by atoms with E-state index in [1.54, 1.807) is 0 Å². The smallest absolute Gasteiger partial charge is 0.150 e. The summed E-state index contributed by atoms with van der Waals surface area (Å²) < 4.78 is 0. The van der Waals surface area contributed by atoms with Crippen LogP contribution < -0.4 is 5.19 Å². The molecule has 0 aliphatic rings. The van der Waals surface area contributed by atoms with Crippen molar-refractivity contribution in [3.05, 3.63) is 54.1 Å². The third-order valence-corrected chi connectivity index (χ3v) is 2.68. The first-order valence-electron chi connectivity index (χ1n) is 4.67. The zero-order valence-corrected chi connectivity index (χ0v) is 9.10. The molecule has 0 aliphatic heterocycles. The first kappa shape index (κ1) is 9.87. The van der Waals surface area contributed by atoms with Gasteiger partial charge in [0.1, 0.15) is 6.29 Å². The topological polar surface area (TPSA) is 17.1 Å². The van der Waals surface area contributed by atoms with Gasteiger partial charge < -0.3 is 0 Å². The predicted octanol–water partition coefficient (Wildman–Crippen LogP) is 1.96. The lowest BCUT2D eigenvalue weighted by molar-refractivity contribution is 0.112. The summed E-state index contributed by atoms with van der Waals surface area (Å²) in [5, 5.41) is 0.936. The summed E-state index contributed by atoms with van der Waals surface area (Å²) in [6.45, 7) is 0. The Balaban J connectivity index is 2.51. The molecule has 0 saturated heterocycles. The Morgan fingerprint density at radius 2 is 1.73 bits per heavy atom. The van der Waals surface area contributed by atoms with Crippen LogP contribution in [0.5, 0.6) is 0 Å². The third kappa shape index (κ3) is 2.05. The summed E-state index contributed by atoms with van der Waals surface area (Å²) >= 11 is 0. The van der Waals surface area contributed by atoms with Crippen LogP contribution in [0.3, 0.4) is 0 Å². The van der Waals surface area contributed by atoms with Crippen LogP contribution in [0, 0.1) is 0 Å². The second-order valence-corrected chi connectivity index (χ2v) is 3.83. The molecule has 0 N–H and O–H groups in total. The van der Waals surface area contributed by atoms with E-state index in [9.17, 15) is 4.79 Å². The van der Waals surface area contributed by atoms with Crippen molar-refractivity contribution in [2.75, 3.05) is 0 Å². The fourth-order valence-corrected chi connectivity index (χ4v) is 1.90. The van der Waals surface area contributed by atoms with Crippen LogP contribution in [0.2, 0.25) is 0 Å². The van der Waals surface area contributed by atoms with Crippen molar-refractivity contribution < 1.29 is 4.79 Å². The number of carbonyl (C=O) groups is 1. The quantitative estimate of drug-likeness (QED) is 0.546. The number of hydrogen-bond acceptors (Lipinski definition) is 1. The first-order valence-corrected chi connectivity index (χ1v) is 5.17. The van der Waals surface area contributed by atoms with Gasteiger partial charge in [0, 0.05) is 5.56 Å². The summed E-state index contributed by atoms with van der Waals surface area (Å²) in [6.07, 6.45) is 0.846. The van der Waals surface area contributed by atoms with Crippen LogP contribution in [0.1, 0.15) is 10.4 Å². The zero-order valence-electron chi connectivity index (χ0n) is 8.10. The average Bonchev–Trinajstić information content (AvgIpc) is 2.30. The molecule has 0 amide bonds. The van der Waals surface area contributed by atoms with Gasteiger partial charge in [-0.05, 0) is 11.1 Å². The molecule has 15 heavy (non-hydrogen) atoms. The Labute approximate surface area is 92.2 Å². The largest absolute Gasteiger partial charge is 0.298 e. The summed E-state index contributed by atoms with van der Waals surface area (Å²) in [6, 6.07) is 15.6. The number of rotatable bonds is 2. The Morgan fingerprint density at radius 1 is 1.00 bits per heavy atom. The van der Waals surface area contributed by atoms with Gasteiger partial charge in [-0.2, -0.15) is 0 Å². The van der Waals surface area contributed by atoms with E-state index >= 15 is 0 Å². The Bertz CT molecular complexity index is 477. The molecule has 0 bridgehead atoms. The average molecular weight is 209 g/mol. The molecule has 2 aromatic carbocycles. The molecule has 2 heteroatoms. The maximum absolute atomic E-state index is 10.6. The van der Waals surface area contributed by atoms with E-state index in [2.05, 4.69) is 10.2 Å². The molecule has 0 unspecified atom stereocenters. The van der Waals surface area contributed by atoms with Gasteiger partial charge in [-0.3, -0.25) is 4.79 Å². The fraction of sp³-hybridized carbons (Fsp3) is 0. The van der Waals surface area contributed by atoms with Crippen molar-refractivity contribution in [3.8, 4) is 11.1 Å². The highest BCUT2D eigenvalue weighted by Gasteiger charge is 2.01. The van der Waals surface area contributed by atoms with Crippen molar-refractivity contribution >= 4 is 21.7 Å². The van der Waals surface area contributed by atoms with Crippen LogP contribution in [0.15, 0.2) is 48.5 Å². The SMILES string of the molecule is O=Cc1ccc(-c2ccccc2)c([Si])c1. The van der Waals surface area contributed by atoms with Crippen LogP contribution in [0.25, 0.3) is 11.1 Å². The molecule has 0 atom stereocenters. The number of benzene rings is 2. The molecule has 0 aromatic heterocycles. The van der Waals surface area contributed by atoms with Gasteiger partial charge in [-0.25, -0.2) is 0 Å². The molecule has 1 nitrogen and oxygen atoms in total.